The van der Waals surface area contributed by atoms with Gasteiger partial charge in [0.1, 0.15) is 22.8 Å². The van der Waals surface area contributed by atoms with Crippen molar-refractivity contribution in [3.8, 4) is 10.6 Å². The maximum absolute atomic E-state index is 14.0. The van der Waals surface area contributed by atoms with Gasteiger partial charge >= 0.3 is 12.1 Å². The van der Waals surface area contributed by atoms with Gasteiger partial charge in [0.15, 0.2) is 5.58 Å². The van der Waals surface area contributed by atoms with Gasteiger partial charge in [-0.05, 0) is 43.7 Å². The minimum Gasteiger partial charge on any atom is -0.481 e. The third-order valence-corrected chi connectivity index (χ3v) is 7.16. The maximum atomic E-state index is 14.0. The van der Waals surface area contributed by atoms with Gasteiger partial charge in [0, 0.05) is 16.2 Å². The number of carboxylic acid groups (broad SMARTS) is 1. The molecule has 0 radical (unpaired) electrons. The molecule has 2 heterocycles. The smallest absolute Gasteiger partial charge is 0.419 e. The Hall–Kier alpha value is -2.92. The molecule has 0 aliphatic heterocycles. The van der Waals surface area contributed by atoms with Gasteiger partial charge in [-0.2, -0.15) is 13.2 Å². The Morgan fingerprint density at radius 3 is 2.61 bits per heavy atom. The Kier molecular flexibility index (Phi) is 6.19. The number of rotatable bonds is 6. The van der Waals surface area contributed by atoms with Gasteiger partial charge < -0.3 is 9.52 Å². The summed E-state index contributed by atoms with van der Waals surface area (Å²) < 4.78 is 58.1. The number of aryl methyl sites for hydroxylation is 2. The van der Waals surface area contributed by atoms with E-state index in [2.05, 4.69) is 9.97 Å². The van der Waals surface area contributed by atoms with E-state index in [-0.39, 0.29) is 17.9 Å². The van der Waals surface area contributed by atoms with Crippen molar-refractivity contribution in [3.63, 3.8) is 0 Å². The van der Waals surface area contributed by atoms with Crippen LogP contribution in [0.5, 0.6) is 0 Å². The molecule has 2 aromatic heterocycles. The molecule has 0 atom stereocenters. The minimum absolute atomic E-state index is 0.116. The Morgan fingerprint density at radius 1 is 1.18 bits per heavy atom. The summed E-state index contributed by atoms with van der Waals surface area (Å²) in [7, 11) is 0. The molecule has 11 heteroatoms. The lowest BCUT2D eigenvalue weighted by Gasteiger charge is -2.08. The fourth-order valence-electron chi connectivity index (χ4n) is 3.20. The van der Waals surface area contributed by atoms with E-state index in [1.807, 2.05) is 19.1 Å². The summed E-state index contributed by atoms with van der Waals surface area (Å²) in [5, 5.41) is 9.40. The molecule has 0 spiro atoms. The summed E-state index contributed by atoms with van der Waals surface area (Å²) in [6, 6.07) is 6.50. The van der Waals surface area contributed by atoms with Gasteiger partial charge in [-0.25, -0.2) is 14.4 Å². The van der Waals surface area contributed by atoms with E-state index >= 15 is 0 Å². The van der Waals surface area contributed by atoms with Crippen molar-refractivity contribution in [3.05, 3.63) is 63.7 Å². The number of carboxylic acids is 1. The van der Waals surface area contributed by atoms with Gasteiger partial charge in [0.05, 0.1) is 16.2 Å². The second-order valence-electron chi connectivity index (χ2n) is 7.30. The number of fused-ring (bicyclic) bond motifs is 1. The average molecular weight is 497 g/mol. The van der Waals surface area contributed by atoms with Crippen LogP contribution >= 0.6 is 23.1 Å². The quantitative estimate of drug-likeness (QED) is 0.238. The average Bonchev–Trinajstić information content (AvgIpc) is 3.27. The molecule has 4 rings (SSSR count). The van der Waals surface area contributed by atoms with Crippen LogP contribution in [-0.2, 0) is 23.1 Å². The number of benzene rings is 2. The first kappa shape index (κ1) is 23.2. The molecule has 2 aromatic carbocycles. The molecule has 0 amide bonds. The van der Waals surface area contributed by atoms with Gasteiger partial charge in [0.2, 0.25) is 5.89 Å². The van der Waals surface area contributed by atoms with Crippen molar-refractivity contribution in [1.29, 1.82) is 0 Å². The summed E-state index contributed by atoms with van der Waals surface area (Å²) in [5.41, 5.74) is 1.65. The van der Waals surface area contributed by atoms with Gasteiger partial charge in [-0.3, -0.25) is 4.79 Å². The second-order valence-corrected chi connectivity index (χ2v) is 9.40. The van der Waals surface area contributed by atoms with Crippen molar-refractivity contribution in [2.75, 3.05) is 0 Å². The lowest BCUT2D eigenvalue weighted by atomic mass is 10.1. The minimum atomic E-state index is -4.76. The molecular weight excluding hydrogens is 480 g/mol. The number of thioether (sulfide) groups is 1. The summed E-state index contributed by atoms with van der Waals surface area (Å²) >= 11 is 2.72. The summed E-state index contributed by atoms with van der Waals surface area (Å²) in [4.78, 5) is 21.3. The van der Waals surface area contributed by atoms with E-state index in [0.717, 1.165) is 27.5 Å². The Bertz CT molecular complexity index is 1360. The van der Waals surface area contributed by atoms with Crippen LogP contribution < -0.4 is 0 Å². The lowest BCUT2D eigenvalue weighted by molar-refractivity contribution is -0.140. The highest BCUT2D eigenvalue weighted by Crippen LogP contribution is 2.38. The number of oxazole rings is 1. The molecule has 4 aromatic rings. The highest BCUT2D eigenvalue weighted by molar-refractivity contribution is 7.98. The number of aromatic nitrogens is 2. The Labute approximate surface area is 193 Å². The van der Waals surface area contributed by atoms with Crippen molar-refractivity contribution in [2.24, 2.45) is 0 Å². The third-order valence-electron chi connectivity index (χ3n) is 4.72. The first-order valence-corrected chi connectivity index (χ1v) is 11.4. The molecule has 0 saturated carbocycles. The third kappa shape index (κ3) is 5.03. The van der Waals surface area contributed by atoms with Crippen LogP contribution in [0.4, 0.5) is 17.6 Å². The van der Waals surface area contributed by atoms with Crippen LogP contribution in [0.25, 0.3) is 21.7 Å². The second kappa shape index (κ2) is 8.79. The molecular formula is C22H16F4N2O3S2. The fourth-order valence-corrected chi connectivity index (χ4v) is 5.51. The monoisotopic (exact) mass is 496 g/mol. The van der Waals surface area contributed by atoms with Gasteiger partial charge in [0.25, 0.3) is 0 Å². The van der Waals surface area contributed by atoms with Crippen LogP contribution in [0.1, 0.15) is 27.6 Å². The van der Waals surface area contributed by atoms with E-state index in [9.17, 15) is 22.4 Å². The SMILES string of the molecule is Cc1cc(SCc2sc(-c3ccc(C(F)(F)F)c(F)c3)nc2C)c2oc(CC(=O)O)nc2c1. The number of thiazole rings is 1. The molecule has 33 heavy (non-hydrogen) atoms. The molecule has 1 N–H and O–H groups in total. The Balaban J connectivity index is 1.58. The molecule has 0 fully saturated rings. The molecule has 0 saturated heterocycles. The fraction of sp³-hybridized carbons (Fsp3) is 0.227. The molecule has 0 bridgehead atoms. The number of hydrogen-bond donors (Lipinski definition) is 1. The topological polar surface area (TPSA) is 76.2 Å². The highest BCUT2D eigenvalue weighted by atomic mass is 32.2. The van der Waals surface area contributed by atoms with Crippen LogP contribution in [0, 0.1) is 19.7 Å². The van der Waals surface area contributed by atoms with E-state index in [1.54, 1.807) is 6.92 Å². The van der Waals surface area contributed by atoms with Crippen LogP contribution in [0.15, 0.2) is 39.6 Å². The first-order chi connectivity index (χ1) is 15.5. The molecule has 5 nitrogen and oxygen atoms in total. The number of halogens is 4. The summed E-state index contributed by atoms with van der Waals surface area (Å²) in [5.74, 6) is -1.78. The van der Waals surface area contributed by atoms with Crippen molar-refractivity contribution in [1.82, 2.24) is 9.97 Å². The largest absolute Gasteiger partial charge is 0.481 e. The number of hydrogen-bond acceptors (Lipinski definition) is 6. The van der Waals surface area contributed by atoms with Crippen molar-refractivity contribution >= 4 is 40.2 Å². The summed E-state index contributed by atoms with van der Waals surface area (Å²) in [6.45, 7) is 3.67. The predicted molar refractivity (Wildman–Crippen MR) is 117 cm³/mol. The highest BCUT2D eigenvalue weighted by Gasteiger charge is 2.34. The van der Waals surface area contributed by atoms with Crippen LogP contribution in [0.2, 0.25) is 0 Å². The number of aliphatic carboxylic acids is 1. The van der Waals surface area contributed by atoms with E-state index in [4.69, 9.17) is 9.52 Å². The summed E-state index contributed by atoms with van der Waals surface area (Å²) in [6.07, 6.45) is -5.08. The zero-order valence-corrected chi connectivity index (χ0v) is 18.9. The van der Waals surface area contributed by atoms with E-state index in [0.29, 0.717) is 27.6 Å². The predicted octanol–water partition coefficient (Wildman–Crippen LogP) is 6.65. The molecule has 0 aliphatic rings. The standard InChI is InChI=1S/C22H16F4N2O3S2/c1-10-5-15-20(31-18(28-15)8-19(29)30)16(6-10)32-9-17-11(2)27-21(33-17)12-3-4-13(14(23)7-12)22(24,25)26/h3-7H,8-9H2,1-2H3,(H,29,30). The normalized spacial score (nSPS) is 11.9. The zero-order valence-electron chi connectivity index (χ0n) is 17.3. The zero-order chi connectivity index (χ0) is 23.9. The number of alkyl halides is 3. The maximum Gasteiger partial charge on any atom is 0.419 e. The molecule has 172 valence electrons. The Morgan fingerprint density at radius 2 is 1.94 bits per heavy atom. The first-order valence-electron chi connectivity index (χ1n) is 9.59. The molecule has 0 unspecified atom stereocenters. The molecule has 0 aliphatic carbocycles. The van der Waals surface area contributed by atoms with Crippen molar-refractivity contribution in [2.45, 2.75) is 37.1 Å². The van der Waals surface area contributed by atoms with E-state index in [1.165, 1.54) is 29.2 Å². The number of nitrogens with zero attached hydrogens (tertiary/aromatic N) is 2. The van der Waals surface area contributed by atoms with Crippen molar-refractivity contribution < 1.29 is 31.9 Å². The van der Waals surface area contributed by atoms with E-state index < -0.39 is 23.5 Å². The number of carbonyl (C=O) groups is 1. The van der Waals surface area contributed by atoms with Crippen LogP contribution in [0.3, 0.4) is 0 Å². The van der Waals surface area contributed by atoms with Gasteiger partial charge in [-0.1, -0.05) is 6.07 Å². The lowest BCUT2D eigenvalue weighted by Crippen LogP contribution is -2.07. The van der Waals surface area contributed by atoms with Gasteiger partial charge in [-0.15, -0.1) is 23.1 Å². The van der Waals surface area contributed by atoms with Crippen LogP contribution in [-0.4, -0.2) is 21.0 Å².